The highest BCUT2D eigenvalue weighted by Crippen LogP contribution is 2.13. The number of nitrogens with one attached hydrogen (secondary N) is 1. The largest absolute Gasteiger partial charge is 0.324 e. The van der Waals surface area contributed by atoms with Crippen LogP contribution in [-0.4, -0.2) is 17.3 Å². The van der Waals surface area contributed by atoms with Crippen LogP contribution < -0.4 is 5.32 Å². The third-order valence-corrected chi connectivity index (χ3v) is 3.00. The molecule has 0 fully saturated rings. The zero-order valence-electron chi connectivity index (χ0n) is 10.1. The molecule has 3 nitrogen and oxygen atoms in total. The number of hydrogen-bond acceptors (Lipinski definition) is 3. The van der Waals surface area contributed by atoms with Crippen molar-refractivity contribution in [2.75, 3.05) is 0 Å². The number of amidine groups is 2. The SMILES string of the molecule is ClC1N=C(c2ccccc2)NC(c2ccccc2)=N1. The van der Waals surface area contributed by atoms with Gasteiger partial charge in [0, 0.05) is 11.1 Å². The van der Waals surface area contributed by atoms with Gasteiger partial charge in [-0.3, -0.25) is 0 Å². The number of benzene rings is 2. The Hall–Kier alpha value is -2.13. The highest BCUT2D eigenvalue weighted by atomic mass is 35.5. The molecular formula is C15H12ClN3. The average Bonchev–Trinajstić information content (AvgIpc) is 2.48. The molecule has 0 radical (unpaired) electrons. The lowest BCUT2D eigenvalue weighted by Crippen LogP contribution is -2.36. The van der Waals surface area contributed by atoms with E-state index >= 15 is 0 Å². The van der Waals surface area contributed by atoms with Crippen LogP contribution in [0, 0.1) is 0 Å². The van der Waals surface area contributed by atoms with Crippen molar-refractivity contribution in [1.29, 1.82) is 0 Å². The highest BCUT2D eigenvalue weighted by Gasteiger charge is 2.16. The Balaban J connectivity index is 1.92. The van der Waals surface area contributed by atoms with E-state index in [4.69, 9.17) is 11.6 Å². The number of halogens is 1. The van der Waals surface area contributed by atoms with Crippen LogP contribution in [-0.2, 0) is 0 Å². The zero-order valence-corrected chi connectivity index (χ0v) is 10.9. The summed E-state index contributed by atoms with van der Waals surface area (Å²) in [6.07, 6.45) is 0. The fourth-order valence-corrected chi connectivity index (χ4v) is 2.10. The van der Waals surface area contributed by atoms with E-state index in [0.717, 1.165) is 22.8 Å². The van der Waals surface area contributed by atoms with E-state index in [1.807, 2.05) is 60.7 Å². The van der Waals surface area contributed by atoms with Crippen molar-refractivity contribution in [3.63, 3.8) is 0 Å². The van der Waals surface area contributed by atoms with Gasteiger partial charge in [0.15, 0.2) is 0 Å². The van der Waals surface area contributed by atoms with Gasteiger partial charge < -0.3 is 5.32 Å². The minimum Gasteiger partial charge on any atom is -0.324 e. The first-order chi connectivity index (χ1) is 9.33. The fourth-order valence-electron chi connectivity index (χ4n) is 1.90. The monoisotopic (exact) mass is 269 g/mol. The van der Waals surface area contributed by atoms with E-state index in [1.165, 1.54) is 0 Å². The molecule has 19 heavy (non-hydrogen) atoms. The van der Waals surface area contributed by atoms with Crippen LogP contribution in [0.25, 0.3) is 0 Å². The maximum atomic E-state index is 6.09. The van der Waals surface area contributed by atoms with Gasteiger partial charge in [0.2, 0.25) is 5.62 Å². The predicted octanol–water partition coefficient (Wildman–Crippen LogP) is 3.01. The van der Waals surface area contributed by atoms with Gasteiger partial charge in [-0.2, -0.15) is 0 Å². The van der Waals surface area contributed by atoms with E-state index in [9.17, 15) is 0 Å². The van der Waals surface area contributed by atoms with Gasteiger partial charge in [0.25, 0.3) is 0 Å². The molecule has 1 aliphatic rings. The molecule has 0 unspecified atom stereocenters. The summed E-state index contributed by atoms with van der Waals surface area (Å²) in [6, 6.07) is 19.8. The average molecular weight is 270 g/mol. The molecule has 94 valence electrons. The van der Waals surface area contributed by atoms with Crippen LogP contribution in [0.2, 0.25) is 0 Å². The number of alkyl halides is 1. The van der Waals surface area contributed by atoms with E-state index in [-0.39, 0.29) is 0 Å². The Morgan fingerprint density at radius 3 is 1.58 bits per heavy atom. The molecule has 4 heteroatoms. The number of aliphatic imine (C=N–C) groups is 2. The standard InChI is InChI=1S/C15H12ClN3/c16-15-18-13(11-7-3-1-4-8-11)17-14(19-15)12-9-5-2-6-10-12/h1-10,15H,(H,17,18,19). The first kappa shape index (κ1) is 11.9. The Labute approximate surface area is 116 Å². The third kappa shape index (κ3) is 2.66. The summed E-state index contributed by atoms with van der Waals surface area (Å²) in [5.74, 6) is 1.49. The Morgan fingerprint density at radius 1 is 0.737 bits per heavy atom. The van der Waals surface area contributed by atoms with Gasteiger partial charge in [-0.15, -0.1) is 0 Å². The molecule has 3 rings (SSSR count). The van der Waals surface area contributed by atoms with Crippen LogP contribution in [0.3, 0.4) is 0 Å². The second-order valence-electron chi connectivity index (χ2n) is 4.12. The van der Waals surface area contributed by atoms with Gasteiger partial charge in [-0.05, 0) is 0 Å². The maximum absolute atomic E-state index is 6.09. The summed E-state index contributed by atoms with van der Waals surface area (Å²) < 4.78 is 0. The van der Waals surface area contributed by atoms with Crippen molar-refractivity contribution in [2.24, 2.45) is 9.98 Å². The van der Waals surface area contributed by atoms with Crippen molar-refractivity contribution in [3.05, 3.63) is 71.8 Å². The molecule has 0 saturated heterocycles. The topological polar surface area (TPSA) is 36.8 Å². The molecule has 1 aliphatic heterocycles. The van der Waals surface area contributed by atoms with Crippen molar-refractivity contribution in [3.8, 4) is 0 Å². The van der Waals surface area contributed by atoms with Crippen LogP contribution in [0.5, 0.6) is 0 Å². The van der Waals surface area contributed by atoms with E-state index < -0.39 is 5.62 Å². The molecule has 0 spiro atoms. The molecule has 2 aromatic carbocycles. The number of hydrogen-bond donors (Lipinski definition) is 1. The van der Waals surface area contributed by atoms with E-state index in [2.05, 4.69) is 15.3 Å². The first-order valence-corrected chi connectivity index (χ1v) is 6.44. The molecule has 2 aromatic rings. The smallest absolute Gasteiger partial charge is 0.219 e. The maximum Gasteiger partial charge on any atom is 0.219 e. The highest BCUT2D eigenvalue weighted by molar-refractivity contribution is 6.25. The van der Waals surface area contributed by atoms with Crippen molar-refractivity contribution in [1.82, 2.24) is 5.32 Å². The summed E-state index contributed by atoms with van der Waals surface area (Å²) in [5.41, 5.74) is 1.40. The van der Waals surface area contributed by atoms with Gasteiger partial charge in [-0.1, -0.05) is 72.3 Å². The molecule has 1 N–H and O–H groups in total. The van der Waals surface area contributed by atoms with Gasteiger partial charge in [0.1, 0.15) is 11.7 Å². The fraction of sp³-hybridized carbons (Fsp3) is 0.0667. The second kappa shape index (κ2) is 5.24. The summed E-state index contributed by atoms with van der Waals surface area (Å²) in [5, 5.41) is 3.23. The summed E-state index contributed by atoms with van der Waals surface area (Å²) >= 11 is 6.09. The van der Waals surface area contributed by atoms with Crippen LogP contribution in [0.4, 0.5) is 0 Å². The van der Waals surface area contributed by atoms with Crippen molar-refractivity contribution >= 4 is 23.3 Å². The Bertz CT molecular complexity index is 565. The summed E-state index contributed by atoms with van der Waals surface area (Å²) in [7, 11) is 0. The third-order valence-electron chi connectivity index (χ3n) is 2.80. The van der Waals surface area contributed by atoms with Crippen LogP contribution in [0.1, 0.15) is 11.1 Å². The van der Waals surface area contributed by atoms with Gasteiger partial charge in [0.05, 0.1) is 0 Å². The lowest BCUT2D eigenvalue weighted by atomic mass is 10.1. The van der Waals surface area contributed by atoms with Crippen LogP contribution >= 0.6 is 11.6 Å². The van der Waals surface area contributed by atoms with Crippen molar-refractivity contribution in [2.45, 2.75) is 5.62 Å². The molecule has 0 bridgehead atoms. The quantitative estimate of drug-likeness (QED) is 0.660. The molecule has 1 heterocycles. The Kier molecular flexibility index (Phi) is 3.29. The molecule has 0 amide bonds. The van der Waals surface area contributed by atoms with Crippen molar-refractivity contribution < 1.29 is 0 Å². The predicted molar refractivity (Wildman–Crippen MR) is 78.7 cm³/mol. The van der Waals surface area contributed by atoms with Gasteiger partial charge in [-0.25, -0.2) is 9.98 Å². The van der Waals surface area contributed by atoms with E-state index in [1.54, 1.807) is 0 Å². The second-order valence-corrected chi connectivity index (χ2v) is 4.51. The minimum absolute atomic E-state index is 0.591. The lowest BCUT2D eigenvalue weighted by Gasteiger charge is -2.18. The molecule has 0 aliphatic carbocycles. The Morgan fingerprint density at radius 2 is 1.16 bits per heavy atom. The zero-order chi connectivity index (χ0) is 13.1. The molecular weight excluding hydrogens is 258 g/mol. The normalized spacial score (nSPS) is 15.4. The summed E-state index contributed by atoms with van der Waals surface area (Å²) in [6.45, 7) is 0. The first-order valence-electron chi connectivity index (χ1n) is 6.00. The van der Waals surface area contributed by atoms with E-state index in [0.29, 0.717) is 0 Å². The molecule has 0 atom stereocenters. The number of rotatable bonds is 2. The van der Waals surface area contributed by atoms with Gasteiger partial charge >= 0.3 is 0 Å². The lowest BCUT2D eigenvalue weighted by molar-refractivity contribution is 0.927. The molecule has 0 aromatic heterocycles. The number of nitrogens with zero attached hydrogens (tertiary/aromatic N) is 2. The molecule has 0 saturated carbocycles. The van der Waals surface area contributed by atoms with Crippen LogP contribution in [0.15, 0.2) is 70.6 Å². The minimum atomic E-state index is -0.591. The summed E-state index contributed by atoms with van der Waals surface area (Å²) in [4.78, 5) is 8.62.